The van der Waals surface area contributed by atoms with Crippen LogP contribution >= 0.6 is 0 Å². The van der Waals surface area contributed by atoms with Crippen LogP contribution in [0.5, 0.6) is 0 Å². The van der Waals surface area contributed by atoms with Crippen LogP contribution in [0, 0.1) is 0 Å². The Morgan fingerprint density at radius 3 is 2.79 bits per heavy atom. The van der Waals surface area contributed by atoms with Crippen LogP contribution in [0.15, 0.2) is 42.6 Å². The SMILES string of the molecule is CC(C)n1cc(C2(O)CCCN(C/C=C/c3ccccc3)C2)nn1. The molecule has 5 nitrogen and oxygen atoms in total. The third kappa shape index (κ3) is 3.91. The number of β-amino-alcohol motifs (C(OH)–C–C–N with tert-alkyl or cyclic N) is 1. The van der Waals surface area contributed by atoms with Crippen molar-refractivity contribution in [3.05, 3.63) is 53.9 Å². The second-order valence-corrected chi connectivity index (χ2v) is 6.86. The van der Waals surface area contributed by atoms with Crippen molar-refractivity contribution < 1.29 is 5.11 Å². The molecule has 128 valence electrons. The minimum absolute atomic E-state index is 0.253. The number of aliphatic hydroxyl groups is 1. The van der Waals surface area contributed by atoms with E-state index >= 15 is 0 Å². The van der Waals surface area contributed by atoms with Crippen molar-refractivity contribution >= 4 is 6.08 Å². The topological polar surface area (TPSA) is 54.2 Å². The largest absolute Gasteiger partial charge is 0.382 e. The van der Waals surface area contributed by atoms with Crippen LogP contribution in [-0.4, -0.2) is 44.6 Å². The van der Waals surface area contributed by atoms with E-state index in [0.29, 0.717) is 12.2 Å². The fraction of sp³-hybridized carbons (Fsp3) is 0.474. The zero-order chi connectivity index (χ0) is 17.0. The molecule has 1 saturated heterocycles. The van der Waals surface area contributed by atoms with E-state index < -0.39 is 5.60 Å². The molecule has 0 bridgehead atoms. The van der Waals surface area contributed by atoms with Crippen LogP contribution in [0.25, 0.3) is 6.08 Å². The Kier molecular flexibility index (Phi) is 5.11. The van der Waals surface area contributed by atoms with E-state index in [1.165, 1.54) is 5.56 Å². The van der Waals surface area contributed by atoms with Crippen LogP contribution in [0.2, 0.25) is 0 Å². The van der Waals surface area contributed by atoms with Crippen LogP contribution in [0.4, 0.5) is 0 Å². The van der Waals surface area contributed by atoms with Crippen LogP contribution in [-0.2, 0) is 5.60 Å². The van der Waals surface area contributed by atoms with Crippen molar-refractivity contribution in [3.63, 3.8) is 0 Å². The second kappa shape index (κ2) is 7.28. The summed E-state index contributed by atoms with van der Waals surface area (Å²) in [6.07, 6.45) is 7.87. The van der Waals surface area contributed by atoms with Gasteiger partial charge in [-0.25, -0.2) is 4.68 Å². The summed E-state index contributed by atoms with van der Waals surface area (Å²) < 4.78 is 1.81. The summed E-state index contributed by atoms with van der Waals surface area (Å²) in [5.74, 6) is 0. The highest BCUT2D eigenvalue weighted by Crippen LogP contribution is 2.30. The number of aromatic nitrogens is 3. The predicted octanol–water partition coefficient (Wildman–Crippen LogP) is 2.86. The molecule has 3 rings (SSSR count). The third-order valence-corrected chi connectivity index (χ3v) is 4.54. The van der Waals surface area contributed by atoms with E-state index in [4.69, 9.17) is 0 Å². The third-order valence-electron chi connectivity index (χ3n) is 4.54. The summed E-state index contributed by atoms with van der Waals surface area (Å²) in [7, 11) is 0. The Balaban J connectivity index is 1.63. The number of rotatable bonds is 5. The normalized spacial score (nSPS) is 22.5. The first kappa shape index (κ1) is 16.9. The van der Waals surface area contributed by atoms with Gasteiger partial charge in [-0.1, -0.05) is 47.7 Å². The Hall–Kier alpha value is -1.98. The number of hydrogen-bond donors (Lipinski definition) is 1. The summed E-state index contributed by atoms with van der Waals surface area (Å²) >= 11 is 0. The van der Waals surface area contributed by atoms with Gasteiger partial charge in [-0.15, -0.1) is 5.10 Å². The summed E-state index contributed by atoms with van der Waals surface area (Å²) in [4.78, 5) is 2.28. The lowest BCUT2D eigenvalue weighted by Gasteiger charge is -2.37. The van der Waals surface area contributed by atoms with Crippen LogP contribution in [0.3, 0.4) is 0 Å². The van der Waals surface area contributed by atoms with Crippen LogP contribution < -0.4 is 0 Å². The van der Waals surface area contributed by atoms with Gasteiger partial charge in [0, 0.05) is 19.1 Å². The molecule has 0 radical (unpaired) electrons. The predicted molar refractivity (Wildman–Crippen MR) is 95.5 cm³/mol. The molecular weight excluding hydrogens is 300 g/mol. The standard InChI is InChI=1S/C19H26N4O/c1-16(2)23-14-18(20-21-23)19(24)11-7-13-22(15-19)12-6-10-17-8-4-3-5-9-17/h3-6,8-10,14,16,24H,7,11-13,15H2,1-2H3/b10-6+. The van der Waals surface area contributed by atoms with Crippen molar-refractivity contribution in [2.24, 2.45) is 0 Å². The van der Waals surface area contributed by atoms with E-state index in [2.05, 4.69) is 53.3 Å². The first-order chi connectivity index (χ1) is 11.6. The van der Waals surface area contributed by atoms with E-state index in [1.807, 2.05) is 29.1 Å². The first-order valence-corrected chi connectivity index (χ1v) is 8.65. The van der Waals surface area contributed by atoms with Gasteiger partial charge in [0.25, 0.3) is 0 Å². The number of piperidine rings is 1. The zero-order valence-corrected chi connectivity index (χ0v) is 14.5. The Morgan fingerprint density at radius 1 is 1.29 bits per heavy atom. The smallest absolute Gasteiger partial charge is 0.123 e. The maximum absolute atomic E-state index is 11.0. The number of likely N-dealkylation sites (tertiary alicyclic amines) is 1. The molecule has 1 fully saturated rings. The highest BCUT2D eigenvalue weighted by atomic mass is 16.3. The van der Waals surface area contributed by atoms with Gasteiger partial charge >= 0.3 is 0 Å². The van der Waals surface area contributed by atoms with Gasteiger partial charge in [0.2, 0.25) is 0 Å². The molecule has 1 unspecified atom stereocenters. The van der Waals surface area contributed by atoms with Gasteiger partial charge in [-0.2, -0.15) is 0 Å². The molecule has 0 spiro atoms. The average Bonchev–Trinajstić information content (AvgIpc) is 3.07. The molecule has 1 aliphatic heterocycles. The molecule has 1 atom stereocenters. The lowest BCUT2D eigenvalue weighted by Crippen LogP contribution is -2.46. The summed E-state index contributed by atoms with van der Waals surface area (Å²) in [6.45, 7) is 6.55. The highest BCUT2D eigenvalue weighted by Gasteiger charge is 2.37. The average molecular weight is 326 g/mol. The quantitative estimate of drug-likeness (QED) is 0.918. The number of nitrogens with zero attached hydrogens (tertiary/aromatic N) is 4. The minimum Gasteiger partial charge on any atom is -0.382 e. The summed E-state index contributed by atoms with van der Waals surface area (Å²) in [5, 5.41) is 19.4. The molecule has 2 aromatic rings. The maximum Gasteiger partial charge on any atom is 0.123 e. The molecule has 0 amide bonds. The lowest BCUT2D eigenvalue weighted by molar-refractivity contribution is -0.0355. The number of benzene rings is 1. The van der Waals surface area contributed by atoms with Crippen molar-refractivity contribution in [1.82, 2.24) is 19.9 Å². The molecular formula is C19H26N4O. The van der Waals surface area contributed by atoms with Crippen molar-refractivity contribution in [2.45, 2.75) is 38.3 Å². The van der Waals surface area contributed by atoms with Gasteiger partial charge in [0.15, 0.2) is 0 Å². The van der Waals surface area contributed by atoms with E-state index in [1.54, 1.807) is 0 Å². The Labute approximate surface area is 143 Å². The van der Waals surface area contributed by atoms with E-state index in [9.17, 15) is 5.11 Å². The molecule has 2 heterocycles. The van der Waals surface area contributed by atoms with Gasteiger partial charge in [-0.05, 0) is 38.8 Å². The Bertz CT molecular complexity index is 680. The summed E-state index contributed by atoms with van der Waals surface area (Å²) in [6, 6.07) is 10.5. The van der Waals surface area contributed by atoms with Crippen molar-refractivity contribution in [1.29, 1.82) is 0 Å². The highest BCUT2D eigenvalue weighted by molar-refractivity contribution is 5.48. The monoisotopic (exact) mass is 326 g/mol. The zero-order valence-electron chi connectivity index (χ0n) is 14.5. The maximum atomic E-state index is 11.0. The minimum atomic E-state index is -0.897. The first-order valence-electron chi connectivity index (χ1n) is 8.65. The fourth-order valence-electron chi connectivity index (χ4n) is 3.13. The molecule has 1 aromatic carbocycles. The Morgan fingerprint density at radius 2 is 2.08 bits per heavy atom. The van der Waals surface area contributed by atoms with Gasteiger partial charge < -0.3 is 5.11 Å². The van der Waals surface area contributed by atoms with Crippen molar-refractivity contribution in [2.75, 3.05) is 19.6 Å². The van der Waals surface area contributed by atoms with Crippen LogP contribution in [0.1, 0.15) is 44.0 Å². The van der Waals surface area contributed by atoms with Crippen molar-refractivity contribution in [3.8, 4) is 0 Å². The molecule has 1 N–H and O–H groups in total. The molecule has 0 saturated carbocycles. The second-order valence-electron chi connectivity index (χ2n) is 6.86. The molecule has 1 aliphatic rings. The van der Waals surface area contributed by atoms with Gasteiger partial charge in [-0.3, -0.25) is 4.90 Å². The molecule has 0 aliphatic carbocycles. The fourth-order valence-corrected chi connectivity index (χ4v) is 3.13. The van der Waals surface area contributed by atoms with Gasteiger partial charge in [0.1, 0.15) is 11.3 Å². The lowest BCUT2D eigenvalue weighted by atomic mass is 9.90. The number of hydrogen-bond acceptors (Lipinski definition) is 4. The summed E-state index contributed by atoms with van der Waals surface area (Å²) in [5.41, 5.74) is 0.990. The molecule has 1 aromatic heterocycles. The molecule has 24 heavy (non-hydrogen) atoms. The molecule has 5 heteroatoms. The van der Waals surface area contributed by atoms with E-state index in [0.717, 1.165) is 25.9 Å². The van der Waals surface area contributed by atoms with E-state index in [-0.39, 0.29) is 6.04 Å². The van der Waals surface area contributed by atoms with Gasteiger partial charge in [0.05, 0.1) is 6.20 Å².